The Morgan fingerprint density at radius 1 is 1.27 bits per heavy atom. The number of methoxy groups -OCH3 is 1. The fourth-order valence-electron chi connectivity index (χ4n) is 1.71. The van der Waals surface area contributed by atoms with Gasteiger partial charge in [-0.1, -0.05) is 0 Å². The van der Waals surface area contributed by atoms with Crippen molar-refractivity contribution in [1.29, 1.82) is 0 Å². The van der Waals surface area contributed by atoms with Gasteiger partial charge in [-0.25, -0.2) is 0 Å². The molecule has 1 fully saturated rings. The highest BCUT2D eigenvalue weighted by Gasteiger charge is 2.23. The van der Waals surface area contributed by atoms with Crippen molar-refractivity contribution in [3.63, 3.8) is 0 Å². The SMILES string of the molecule is CO[C@H]1CC[C@@H](C(C)=O)CC1. The van der Waals surface area contributed by atoms with Crippen LogP contribution in [0.2, 0.25) is 0 Å². The zero-order chi connectivity index (χ0) is 8.27. The van der Waals surface area contributed by atoms with E-state index in [9.17, 15) is 4.79 Å². The quantitative estimate of drug-likeness (QED) is 0.609. The molecule has 0 bridgehead atoms. The average Bonchev–Trinajstić information content (AvgIpc) is 2.05. The van der Waals surface area contributed by atoms with Crippen LogP contribution in [0.15, 0.2) is 0 Å². The number of carbonyl (C=O) groups is 1. The largest absolute Gasteiger partial charge is 0.381 e. The molecule has 0 spiro atoms. The monoisotopic (exact) mass is 156 g/mol. The van der Waals surface area contributed by atoms with Crippen molar-refractivity contribution in [2.24, 2.45) is 5.92 Å². The molecule has 0 saturated heterocycles. The lowest BCUT2D eigenvalue weighted by atomic mass is 9.85. The minimum atomic E-state index is 0.321. The van der Waals surface area contributed by atoms with Gasteiger partial charge in [-0.2, -0.15) is 0 Å². The van der Waals surface area contributed by atoms with Gasteiger partial charge in [0.15, 0.2) is 0 Å². The van der Waals surface area contributed by atoms with Crippen molar-refractivity contribution in [2.45, 2.75) is 38.7 Å². The summed E-state index contributed by atoms with van der Waals surface area (Å²) in [5.74, 6) is 0.668. The predicted octanol–water partition coefficient (Wildman–Crippen LogP) is 1.78. The van der Waals surface area contributed by atoms with E-state index in [2.05, 4.69) is 0 Å². The smallest absolute Gasteiger partial charge is 0.132 e. The summed E-state index contributed by atoms with van der Waals surface area (Å²) in [4.78, 5) is 11.0. The standard InChI is InChI=1S/C9H16O2/c1-7(10)8-3-5-9(11-2)6-4-8/h8-9H,3-6H2,1-2H3/t8-,9+. The summed E-state index contributed by atoms with van der Waals surface area (Å²) in [5, 5.41) is 0. The Morgan fingerprint density at radius 2 is 1.82 bits per heavy atom. The molecule has 0 aromatic rings. The van der Waals surface area contributed by atoms with E-state index in [-0.39, 0.29) is 0 Å². The second-order valence-electron chi connectivity index (χ2n) is 3.32. The van der Waals surface area contributed by atoms with Gasteiger partial charge in [0.25, 0.3) is 0 Å². The molecule has 1 rings (SSSR count). The van der Waals surface area contributed by atoms with E-state index in [4.69, 9.17) is 4.74 Å². The lowest BCUT2D eigenvalue weighted by Gasteiger charge is -2.25. The maximum atomic E-state index is 11.0. The molecule has 0 atom stereocenters. The summed E-state index contributed by atoms with van der Waals surface area (Å²) < 4.78 is 5.21. The van der Waals surface area contributed by atoms with E-state index in [0.29, 0.717) is 17.8 Å². The van der Waals surface area contributed by atoms with Crippen LogP contribution in [-0.2, 0) is 9.53 Å². The van der Waals surface area contributed by atoms with Gasteiger partial charge >= 0.3 is 0 Å². The maximum absolute atomic E-state index is 11.0. The summed E-state index contributed by atoms with van der Waals surface area (Å²) in [6.45, 7) is 1.69. The van der Waals surface area contributed by atoms with Crippen LogP contribution in [0.3, 0.4) is 0 Å². The van der Waals surface area contributed by atoms with E-state index in [0.717, 1.165) is 25.7 Å². The molecule has 0 aromatic heterocycles. The van der Waals surface area contributed by atoms with Gasteiger partial charge in [0.1, 0.15) is 5.78 Å². The van der Waals surface area contributed by atoms with Crippen LogP contribution in [-0.4, -0.2) is 19.0 Å². The molecule has 0 aliphatic heterocycles. The zero-order valence-corrected chi connectivity index (χ0v) is 7.30. The van der Waals surface area contributed by atoms with Crippen molar-refractivity contribution in [3.05, 3.63) is 0 Å². The maximum Gasteiger partial charge on any atom is 0.132 e. The van der Waals surface area contributed by atoms with Crippen LogP contribution >= 0.6 is 0 Å². The Kier molecular flexibility index (Phi) is 3.06. The number of carbonyl (C=O) groups excluding carboxylic acids is 1. The van der Waals surface area contributed by atoms with Crippen molar-refractivity contribution >= 4 is 5.78 Å². The highest BCUT2D eigenvalue weighted by Crippen LogP contribution is 2.26. The molecule has 0 unspecified atom stereocenters. The van der Waals surface area contributed by atoms with E-state index >= 15 is 0 Å². The van der Waals surface area contributed by atoms with Crippen molar-refractivity contribution in [1.82, 2.24) is 0 Å². The topological polar surface area (TPSA) is 26.3 Å². The summed E-state index contributed by atoms with van der Waals surface area (Å²) in [7, 11) is 1.75. The average molecular weight is 156 g/mol. The number of hydrogen-bond donors (Lipinski definition) is 0. The lowest BCUT2D eigenvalue weighted by Crippen LogP contribution is -2.23. The highest BCUT2D eigenvalue weighted by atomic mass is 16.5. The van der Waals surface area contributed by atoms with E-state index in [1.807, 2.05) is 0 Å². The molecule has 0 amide bonds. The second kappa shape index (κ2) is 3.86. The van der Waals surface area contributed by atoms with Gasteiger partial charge in [0.05, 0.1) is 6.10 Å². The third kappa shape index (κ3) is 2.29. The van der Waals surface area contributed by atoms with Gasteiger partial charge in [-0.3, -0.25) is 4.79 Å². The van der Waals surface area contributed by atoms with Crippen LogP contribution in [0.4, 0.5) is 0 Å². The molecule has 64 valence electrons. The summed E-state index contributed by atoms with van der Waals surface area (Å²) in [6, 6.07) is 0. The Hall–Kier alpha value is -0.370. The van der Waals surface area contributed by atoms with E-state index in [1.165, 1.54) is 0 Å². The third-order valence-electron chi connectivity index (χ3n) is 2.58. The number of Topliss-reactive ketones (excluding diaryl/α,β-unsaturated/α-hetero) is 1. The van der Waals surface area contributed by atoms with Gasteiger partial charge in [0, 0.05) is 13.0 Å². The first-order valence-electron chi connectivity index (χ1n) is 4.27. The van der Waals surface area contributed by atoms with Crippen LogP contribution in [0.1, 0.15) is 32.6 Å². The van der Waals surface area contributed by atoms with Crippen molar-refractivity contribution < 1.29 is 9.53 Å². The summed E-state index contributed by atoms with van der Waals surface area (Å²) in [6.07, 6.45) is 4.56. The molecule has 11 heavy (non-hydrogen) atoms. The highest BCUT2D eigenvalue weighted by molar-refractivity contribution is 5.78. The molecule has 0 aromatic carbocycles. The predicted molar refractivity (Wildman–Crippen MR) is 43.4 cm³/mol. The second-order valence-corrected chi connectivity index (χ2v) is 3.32. The first kappa shape index (κ1) is 8.72. The van der Waals surface area contributed by atoms with Crippen LogP contribution in [0, 0.1) is 5.92 Å². The molecule has 2 nitrogen and oxygen atoms in total. The van der Waals surface area contributed by atoms with Crippen LogP contribution < -0.4 is 0 Å². The fraction of sp³-hybridized carbons (Fsp3) is 0.889. The first-order valence-corrected chi connectivity index (χ1v) is 4.27. The minimum absolute atomic E-state index is 0.321. The number of ether oxygens (including phenoxy) is 1. The molecule has 0 heterocycles. The minimum Gasteiger partial charge on any atom is -0.381 e. The van der Waals surface area contributed by atoms with Crippen LogP contribution in [0.25, 0.3) is 0 Å². The van der Waals surface area contributed by atoms with Gasteiger partial charge < -0.3 is 4.74 Å². The van der Waals surface area contributed by atoms with Gasteiger partial charge in [0.2, 0.25) is 0 Å². The molecule has 1 aliphatic rings. The molecule has 0 N–H and O–H groups in total. The molecule has 1 saturated carbocycles. The van der Waals surface area contributed by atoms with Crippen molar-refractivity contribution in [3.8, 4) is 0 Å². The van der Waals surface area contributed by atoms with E-state index < -0.39 is 0 Å². The summed E-state index contributed by atoms with van der Waals surface area (Å²) in [5.41, 5.74) is 0. The molecular formula is C9H16O2. The Labute approximate surface area is 67.9 Å². The Bertz CT molecular complexity index is 134. The van der Waals surface area contributed by atoms with Crippen LogP contribution in [0.5, 0.6) is 0 Å². The number of hydrogen-bond acceptors (Lipinski definition) is 2. The van der Waals surface area contributed by atoms with E-state index in [1.54, 1.807) is 14.0 Å². The molecule has 2 heteroatoms. The Morgan fingerprint density at radius 3 is 2.18 bits per heavy atom. The summed E-state index contributed by atoms with van der Waals surface area (Å²) >= 11 is 0. The van der Waals surface area contributed by atoms with Gasteiger partial charge in [-0.05, 0) is 32.6 Å². The third-order valence-corrected chi connectivity index (χ3v) is 2.58. The molecule has 0 radical (unpaired) electrons. The van der Waals surface area contributed by atoms with Gasteiger partial charge in [-0.15, -0.1) is 0 Å². The molecule has 1 aliphatic carbocycles. The van der Waals surface area contributed by atoms with Crippen molar-refractivity contribution in [2.75, 3.05) is 7.11 Å². The molecular weight excluding hydrogens is 140 g/mol. The normalized spacial score (nSPS) is 31.8. The Balaban J connectivity index is 2.30. The number of rotatable bonds is 2. The lowest BCUT2D eigenvalue weighted by molar-refractivity contribution is -0.122. The fourth-order valence-corrected chi connectivity index (χ4v) is 1.71. The zero-order valence-electron chi connectivity index (χ0n) is 7.30. The first-order chi connectivity index (χ1) is 5.24. The number of ketones is 1.